The minimum absolute atomic E-state index is 0.0692. The lowest BCUT2D eigenvalue weighted by atomic mass is 10.1. The number of amidine groups is 1. The van der Waals surface area contributed by atoms with Crippen LogP contribution in [0.4, 0.5) is 0 Å². The molecule has 0 atom stereocenters. The van der Waals surface area contributed by atoms with Crippen molar-refractivity contribution >= 4 is 34.4 Å². The lowest BCUT2D eigenvalue weighted by Gasteiger charge is -2.10. The summed E-state index contributed by atoms with van der Waals surface area (Å²) in [5.74, 6) is -0.329. The predicted molar refractivity (Wildman–Crippen MR) is 72.7 cm³/mol. The van der Waals surface area contributed by atoms with E-state index in [9.17, 15) is 4.79 Å². The molecule has 92 valence electrons. The third-order valence-corrected chi connectivity index (χ3v) is 3.53. The first-order valence-electron chi connectivity index (χ1n) is 5.23. The lowest BCUT2D eigenvalue weighted by molar-refractivity contribution is -0.115. The minimum atomic E-state index is -0.407. The van der Waals surface area contributed by atoms with Crippen LogP contribution in [-0.4, -0.2) is 22.5 Å². The summed E-state index contributed by atoms with van der Waals surface area (Å²) in [6.07, 6.45) is 1.55. The van der Waals surface area contributed by atoms with Gasteiger partial charge < -0.3 is 11.5 Å². The molecule has 0 saturated heterocycles. The van der Waals surface area contributed by atoms with Crippen LogP contribution in [0.3, 0.4) is 0 Å². The maximum atomic E-state index is 10.9. The van der Waals surface area contributed by atoms with Gasteiger partial charge in [0.05, 0.1) is 11.3 Å². The van der Waals surface area contributed by atoms with Crippen molar-refractivity contribution in [2.75, 3.05) is 5.75 Å². The molecule has 2 rings (SSSR count). The van der Waals surface area contributed by atoms with Crippen LogP contribution in [-0.2, 0) is 4.79 Å². The number of primary amides is 1. The topological polar surface area (TPSA) is 106 Å². The number of hydrogen-bond acceptors (Lipinski definition) is 4. The fourth-order valence-corrected chi connectivity index (χ4v) is 2.54. The number of fused-ring (bicyclic) bond motifs is 1. The number of para-hydroxylation sites is 1. The van der Waals surface area contributed by atoms with Gasteiger partial charge in [0.1, 0.15) is 5.84 Å². The summed E-state index contributed by atoms with van der Waals surface area (Å²) in [5, 5.41) is 8.42. The van der Waals surface area contributed by atoms with E-state index >= 15 is 0 Å². The van der Waals surface area contributed by atoms with E-state index in [1.807, 2.05) is 24.3 Å². The van der Waals surface area contributed by atoms with Gasteiger partial charge in [-0.1, -0.05) is 18.2 Å². The average Bonchev–Trinajstić information content (AvgIpc) is 2.35. The molecule has 0 aliphatic carbocycles. The van der Waals surface area contributed by atoms with Crippen molar-refractivity contribution in [3.8, 4) is 0 Å². The van der Waals surface area contributed by atoms with Crippen LogP contribution >= 0.6 is 11.8 Å². The summed E-state index contributed by atoms with van der Waals surface area (Å²) in [6.45, 7) is 0. The molecule has 1 aromatic carbocycles. The van der Waals surface area contributed by atoms with Gasteiger partial charge in [-0.25, -0.2) is 0 Å². The first-order chi connectivity index (χ1) is 8.59. The van der Waals surface area contributed by atoms with E-state index in [-0.39, 0.29) is 11.6 Å². The number of hydrogen-bond donors (Lipinski definition) is 3. The van der Waals surface area contributed by atoms with E-state index < -0.39 is 5.91 Å². The van der Waals surface area contributed by atoms with Gasteiger partial charge in [0.15, 0.2) is 0 Å². The molecule has 0 unspecified atom stereocenters. The Morgan fingerprint density at radius 1 is 1.33 bits per heavy atom. The maximum absolute atomic E-state index is 10.9. The van der Waals surface area contributed by atoms with Gasteiger partial charge in [-0.3, -0.25) is 15.2 Å². The summed E-state index contributed by atoms with van der Waals surface area (Å²) in [5.41, 5.74) is 12.0. The first-order valence-corrected chi connectivity index (χ1v) is 6.21. The Hall–Kier alpha value is -2.08. The van der Waals surface area contributed by atoms with Crippen LogP contribution in [0.2, 0.25) is 0 Å². The average molecular weight is 260 g/mol. The third kappa shape index (κ3) is 2.43. The van der Waals surface area contributed by atoms with Crippen LogP contribution in [0.1, 0.15) is 5.56 Å². The number of aromatic nitrogens is 1. The molecule has 18 heavy (non-hydrogen) atoms. The van der Waals surface area contributed by atoms with Gasteiger partial charge >= 0.3 is 0 Å². The Morgan fingerprint density at radius 3 is 2.72 bits per heavy atom. The Bertz CT molecular complexity index is 627. The number of rotatable bonds is 4. The zero-order valence-corrected chi connectivity index (χ0v) is 10.3. The largest absolute Gasteiger partial charge is 0.384 e. The SMILES string of the molecule is N=C(N)c1cnc2ccccc2c1SCC(N)=O. The summed E-state index contributed by atoms with van der Waals surface area (Å²) in [4.78, 5) is 15.9. The molecule has 1 heterocycles. The second-order valence-electron chi connectivity index (χ2n) is 3.69. The molecule has 0 saturated carbocycles. The van der Waals surface area contributed by atoms with E-state index in [4.69, 9.17) is 16.9 Å². The van der Waals surface area contributed by atoms with Gasteiger partial charge in [0, 0.05) is 22.0 Å². The monoisotopic (exact) mass is 260 g/mol. The van der Waals surface area contributed by atoms with Crippen molar-refractivity contribution in [2.45, 2.75) is 4.90 Å². The minimum Gasteiger partial charge on any atom is -0.384 e. The van der Waals surface area contributed by atoms with Crippen molar-refractivity contribution < 1.29 is 4.79 Å². The molecule has 5 N–H and O–H groups in total. The van der Waals surface area contributed by atoms with Gasteiger partial charge in [-0.2, -0.15) is 0 Å². The normalized spacial score (nSPS) is 10.4. The van der Waals surface area contributed by atoms with E-state index in [1.165, 1.54) is 11.8 Å². The molecular formula is C12H12N4OS. The van der Waals surface area contributed by atoms with Gasteiger partial charge in [0.25, 0.3) is 0 Å². The van der Waals surface area contributed by atoms with Crippen LogP contribution in [0.25, 0.3) is 10.9 Å². The van der Waals surface area contributed by atoms with Crippen LogP contribution < -0.4 is 11.5 Å². The number of carbonyl (C=O) groups is 1. The standard InChI is InChI=1S/C12H12N4OS/c13-10(17)6-18-11-7-3-1-2-4-9(7)16-5-8(11)12(14)15/h1-5H,6H2,(H2,13,17)(H3,14,15). The number of carbonyl (C=O) groups excluding carboxylic acids is 1. The smallest absolute Gasteiger partial charge is 0.227 e. The van der Waals surface area contributed by atoms with Crippen molar-refractivity contribution in [1.29, 1.82) is 5.41 Å². The second kappa shape index (κ2) is 5.05. The molecule has 1 amide bonds. The molecule has 1 aromatic heterocycles. The zero-order chi connectivity index (χ0) is 13.1. The van der Waals surface area contributed by atoms with E-state index in [0.29, 0.717) is 5.56 Å². The summed E-state index contributed by atoms with van der Waals surface area (Å²) in [6, 6.07) is 7.51. The lowest BCUT2D eigenvalue weighted by Crippen LogP contribution is -2.16. The second-order valence-corrected chi connectivity index (χ2v) is 4.67. The number of nitrogens with one attached hydrogen (secondary N) is 1. The zero-order valence-electron chi connectivity index (χ0n) is 9.51. The fourth-order valence-electron chi connectivity index (χ4n) is 1.61. The molecule has 0 spiro atoms. The van der Waals surface area contributed by atoms with Crippen LogP contribution in [0.5, 0.6) is 0 Å². The highest BCUT2D eigenvalue weighted by Gasteiger charge is 2.12. The molecule has 0 bridgehead atoms. The highest BCUT2D eigenvalue weighted by Crippen LogP contribution is 2.29. The molecule has 0 aliphatic heterocycles. The number of nitrogens with two attached hydrogens (primary N) is 2. The van der Waals surface area contributed by atoms with Crippen LogP contribution in [0.15, 0.2) is 35.4 Å². The first kappa shape index (κ1) is 12.4. The van der Waals surface area contributed by atoms with Crippen molar-refractivity contribution in [3.63, 3.8) is 0 Å². The molecule has 0 fully saturated rings. The van der Waals surface area contributed by atoms with Crippen molar-refractivity contribution in [2.24, 2.45) is 11.5 Å². The van der Waals surface area contributed by atoms with Crippen molar-refractivity contribution in [3.05, 3.63) is 36.0 Å². The number of amides is 1. The van der Waals surface area contributed by atoms with E-state index in [2.05, 4.69) is 4.98 Å². The highest BCUT2D eigenvalue weighted by atomic mass is 32.2. The Morgan fingerprint density at radius 2 is 2.06 bits per heavy atom. The summed E-state index contributed by atoms with van der Waals surface area (Å²) < 4.78 is 0. The number of nitrogens with zero attached hydrogens (tertiary/aromatic N) is 1. The van der Waals surface area contributed by atoms with Gasteiger partial charge in [-0.15, -0.1) is 11.8 Å². The molecule has 0 aliphatic rings. The number of pyridine rings is 1. The number of benzene rings is 1. The van der Waals surface area contributed by atoms with E-state index in [1.54, 1.807) is 6.20 Å². The predicted octanol–water partition coefficient (Wildman–Crippen LogP) is 1.10. The number of nitrogen functional groups attached to an aromatic ring is 1. The summed E-state index contributed by atoms with van der Waals surface area (Å²) in [7, 11) is 0. The Kier molecular flexibility index (Phi) is 3.47. The van der Waals surface area contributed by atoms with Crippen LogP contribution in [0, 0.1) is 5.41 Å². The quantitative estimate of drug-likeness (QED) is 0.434. The third-order valence-electron chi connectivity index (χ3n) is 2.37. The maximum Gasteiger partial charge on any atom is 0.227 e. The molecule has 5 nitrogen and oxygen atoms in total. The Labute approximate surface area is 108 Å². The Balaban J connectivity index is 2.58. The molecule has 0 radical (unpaired) electrons. The molecular weight excluding hydrogens is 248 g/mol. The van der Waals surface area contributed by atoms with E-state index in [0.717, 1.165) is 15.8 Å². The molecule has 2 aromatic rings. The molecule has 6 heteroatoms. The van der Waals surface area contributed by atoms with Gasteiger partial charge in [-0.05, 0) is 6.07 Å². The fraction of sp³-hybridized carbons (Fsp3) is 0.0833. The van der Waals surface area contributed by atoms with Gasteiger partial charge in [0.2, 0.25) is 5.91 Å². The highest BCUT2D eigenvalue weighted by molar-refractivity contribution is 8.00. The number of thioether (sulfide) groups is 1. The summed E-state index contributed by atoms with van der Waals surface area (Å²) >= 11 is 1.28. The van der Waals surface area contributed by atoms with Crippen molar-refractivity contribution in [1.82, 2.24) is 4.98 Å².